The standard InChI is InChI=1S/C12H24N4O/c1-4-9-16-10(7-8-14-16)12(15-13)11(5-2)17-6-3/h7-8,11-12,15H,4-6,9,13H2,1-3H3. The molecule has 0 aromatic carbocycles. The number of nitrogens with two attached hydrogens (primary N) is 1. The summed E-state index contributed by atoms with van der Waals surface area (Å²) >= 11 is 0. The van der Waals surface area contributed by atoms with Crippen molar-refractivity contribution in [3.05, 3.63) is 18.0 Å². The maximum Gasteiger partial charge on any atom is 0.0890 e. The molecular weight excluding hydrogens is 216 g/mol. The van der Waals surface area contributed by atoms with Crippen LogP contribution in [-0.2, 0) is 11.3 Å². The second-order valence-corrected chi connectivity index (χ2v) is 4.03. The van der Waals surface area contributed by atoms with Gasteiger partial charge in [-0.25, -0.2) is 5.43 Å². The Morgan fingerprint density at radius 2 is 2.24 bits per heavy atom. The summed E-state index contributed by atoms with van der Waals surface area (Å²) < 4.78 is 7.71. The van der Waals surface area contributed by atoms with Crippen molar-refractivity contribution in [3.63, 3.8) is 0 Å². The van der Waals surface area contributed by atoms with Crippen LogP contribution in [0.5, 0.6) is 0 Å². The molecule has 2 atom stereocenters. The monoisotopic (exact) mass is 240 g/mol. The Hall–Kier alpha value is -0.910. The van der Waals surface area contributed by atoms with E-state index in [1.165, 1.54) is 0 Å². The number of nitrogens with zero attached hydrogens (tertiary/aromatic N) is 2. The molecule has 1 heterocycles. The van der Waals surface area contributed by atoms with Crippen molar-refractivity contribution in [1.29, 1.82) is 0 Å². The lowest BCUT2D eigenvalue weighted by atomic mass is 10.1. The topological polar surface area (TPSA) is 65.1 Å². The van der Waals surface area contributed by atoms with Crippen LogP contribution in [0, 0.1) is 0 Å². The van der Waals surface area contributed by atoms with Crippen LogP contribution >= 0.6 is 0 Å². The van der Waals surface area contributed by atoms with Crippen molar-refractivity contribution < 1.29 is 4.74 Å². The third kappa shape index (κ3) is 3.52. The van der Waals surface area contributed by atoms with E-state index in [1.54, 1.807) is 0 Å². The number of aryl methyl sites for hydroxylation is 1. The minimum absolute atomic E-state index is 0.00556. The van der Waals surface area contributed by atoms with E-state index in [0.717, 1.165) is 25.1 Å². The second kappa shape index (κ2) is 7.42. The quantitative estimate of drug-likeness (QED) is 0.535. The van der Waals surface area contributed by atoms with E-state index in [1.807, 2.05) is 23.9 Å². The first-order valence-corrected chi connectivity index (χ1v) is 6.37. The number of hydrogen-bond donors (Lipinski definition) is 2. The maximum absolute atomic E-state index is 5.72. The fourth-order valence-corrected chi connectivity index (χ4v) is 2.05. The smallest absolute Gasteiger partial charge is 0.0890 e. The molecule has 0 aliphatic heterocycles. The van der Waals surface area contributed by atoms with Gasteiger partial charge in [0.25, 0.3) is 0 Å². The maximum atomic E-state index is 5.72. The zero-order chi connectivity index (χ0) is 12.7. The van der Waals surface area contributed by atoms with E-state index in [4.69, 9.17) is 10.6 Å². The van der Waals surface area contributed by atoms with Crippen molar-refractivity contribution in [2.24, 2.45) is 5.84 Å². The third-order valence-electron chi connectivity index (χ3n) is 2.84. The predicted octanol–water partition coefficient (Wildman–Crippen LogP) is 1.61. The predicted molar refractivity (Wildman–Crippen MR) is 68.3 cm³/mol. The zero-order valence-corrected chi connectivity index (χ0v) is 11.0. The van der Waals surface area contributed by atoms with Crippen LogP contribution in [0.25, 0.3) is 0 Å². The molecule has 5 nitrogen and oxygen atoms in total. The summed E-state index contributed by atoms with van der Waals surface area (Å²) in [5.74, 6) is 5.66. The molecule has 17 heavy (non-hydrogen) atoms. The lowest BCUT2D eigenvalue weighted by Gasteiger charge is -2.26. The van der Waals surface area contributed by atoms with Gasteiger partial charge in [-0.2, -0.15) is 5.10 Å². The average Bonchev–Trinajstić information content (AvgIpc) is 2.78. The number of hydrogen-bond acceptors (Lipinski definition) is 4. The Kier molecular flexibility index (Phi) is 6.18. The van der Waals surface area contributed by atoms with Crippen molar-refractivity contribution in [2.45, 2.75) is 52.3 Å². The second-order valence-electron chi connectivity index (χ2n) is 4.03. The number of nitrogens with one attached hydrogen (secondary N) is 1. The highest BCUT2D eigenvalue weighted by molar-refractivity contribution is 5.09. The fraction of sp³-hybridized carbons (Fsp3) is 0.750. The van der Waals surface area contributed by atoms with Gasteiger partial charge < -0.3 is 4.74 Å². The van der Waals surface area contributed by atoms with Crippen molar-refractivity contribution in [1.82, 2.24) is 15.2 Å². The molecule has 0 fully saturated rings. The number of hydrazine groups is 1. The SMILES string of the molecule is CCCn1nccc1C(NN)C(CC)OCC. The van der Waals surface area contributed by atoms with Gasteiger partial charge in [0.15, 0.2) is 0 Å². The third-order valence-corrected chi connectivity index (χ3v) is 2.84. The molecule has 1 aromatic heterocycles. The average molecular weight is 240 g/mol. The van der Waals surface area contributed by atoms with Gasteiger partial charge in [-0.1, -0.05) is 13.8 Å². The van der Waals surface area contributed by atoms with E-state index in [0.29, 0.717) is 6.61 Å². The number of ether oxygens (including phenoxy) is 1. The van der Waals surface area contributed by atoms with Crippen molar-refractivity contribution in [2.75, 3.05) is 6.61 Å². The van der Waals surface area contributed by atoms with Crippen LogP contribution in [-0.4, -0.2) is 22.5 Å². The summed E-state index contributed by atoms with van der Waals surface area (Å²) in [5.41, 5.74) is 3.95. The molecule has 1 aromatic rings. The van der Waals surface area contributed by atoms with E-state index >= 15 is 0 Å². The molecule has 0 aliphatic rings. The highest BCUT2D eigenvalue weighted by atomic mass is 16.5. The van der Waals surface area contributed by atoms with Crippen LogP contribution in [0.1, 0.15) is 45.3 Å². The molecule has 0 radical (unpaired) electrons. The first-order valence-electron chi connectivity index (χ1n) is 6.37. The normalized spacial score (nSPS) is 14.8. The summed E-state index contributed by atoms with van der Waals surface area (Å²) in [6, 6.07) is 2.00. The molecule has 0 saturated carbocycles. The molecule has 0 bridgehead atoms. The highest BCUT2D eigenvalue weighted by Gasteiger charge is 2.23. The summed E-state index contributed by atoms with van der Waals surface area (Å²) in [6.45, 7) is 7.84. The molecule has 0 spiro atoms. The zero-order valence-electron chi connectivity index (χ0n) is 11.0. The molecule has 0 aliphatic carbocycles. The van der Waals surface area contributed by atoms with E-state index in [9.17, 15) is 0 Å². The van der Waals surface area contributed by atoms with Crippen LogP contribution in [0.2, 0.25) is 0 Å². The Labute approximate surface area is 103 Å². The summed E-state index contributed by atoms with van der Waals surface area (Å²) in [4.78, 5) is 0. The number of aromatic nitrogens is 2. The first-order chi connectivity index (χ1) is 8.28. The Morgan fingerprint density at radius 3 is 2.76 bits per heavy atom. The molecule has 0 saturated heterocycles. The molecule has 5 heteroatoms. The van der Waals surface area contributed by atoms with Crippen molar-refractivity contribution >= 4 is 0 Å². The lowest BCUT2D eigenvalue weighted by molar-refractivity contribution is 0.0291. The molecule has 98 valence electrons. The van der Waals surface area contributed by atoms with E-state index in [2.05, 4.69) is 24.4 Å². The van der Waals surface area contributed by atoms with Gasteiger partial charge in [0.2, 0.25) is 0 Å². The van der Waals surface area contributed by atoms with Crippen LogP contribution in [0.15, 0.2) is 12.3 Å². The summed E-state index contributed by atoms with van der Waals surface area (Å²) in [6.07, 6.45) is 3.86. The van der Waals surface area contributed by atoms with Crippen LogP contribution in [0.3, 0.4) is 0 Å². The Bertz CT molecular complexity index is 313. The summed E-state index contributed by atoms with van der Waals surface area (Å²) in [7, 11) is 0. The van der Waals surface area contributed by atoms with Gasteiger partial charge in [0, 0.05) is 19.3 Å². The van der Waals surface area contributed by atoms with E-state index in [-0.39, 0.29) is 12.1 Å². The fourth-order valence-electron chi connectivity index (χ4n) is 2.05. The Balaban J connectivity index is 2.86. The van der Waals surface area contributed by atoms with Crippen LogP contribution in [0.4, 0.5) is 0 Å². The molecule has 0 amide bonds. The Morgan fingerprint density at radius 1 is 1.47 bits per heavy atom. The number of rotatable bonds is 8. The van der Waals surface area contributed by atoms with Gasteiger partial charge in [0.05, 0.1) is 17.8 Å². The minimum atomic E-state index is -0.00556. The van der Waals surface area contributed by atoms with Gasteiger partial charge >= 0.3 is 0 Å². The van der Waals surface area contributed by atoms with Gasteiger partial charge in [0.1, 0.15) is 0 Å². The van der Waals surface area contributed by atoms with Gasteiger partial charge in [-0.3, -0.25) is 10.5 Å². The van der Waals surface area contributed by atoms with Crippen LogP contribution < -0.4 is 11.3 Å². The first kappa shape index (κ1) is 14.2. The summed E-state index contributed by atoms with van der Waals surface area (Å²) in [5, 5.41) is 4.32. The molecule has 2 unspecified atom stereocenters. The van der Waals surface area contributed by atoms with Gasteiger partial charge in [-0.05, 0) is 25.8 Å². The highest BCUT2D eigenvalue weighted by Crippen LogP contribution is 2.21. The molecular formula is C12H24N4O. The van der Waals surface area contributed by atoms with E-state index < -0.39 is 0 Å². The van der Waals surface area contributed by atoms with Crippen molar-refractivity contribution in [3.8, 4) is 0 Å². The largest absolute Gasteiger partial charge is 0.376 e. The lowest BCUT2D eigenvalue weighted by Crippen LogP contribution is -2.39. The van der Waals surface area contributed by atoms with Gasteiger partial charge in [-0.15, -0.1) is 0 Å². The molecule has 1 rings (SSSR count). The minimum Gasteiger partial charge on any atom is -0.376 e. The molecule has 3 N–H and O–H groups in total.